The van der Waals surface area contributed by atoms with E-state index in [4.69, 9.17) is 0 Å². The number of rotatable bonds is 5. The molecule has 0 bridgehead atoms. The van der Waals surface area contributed by atoms with Crippen molar-refractivity contribution in [1.82, 2.24) is 4.90 Å². The van der Waals surface area contributed by atoms with Gasteiger partial charge in [-0.15, -0.1) is 0 Å². The molecule has 122 valence electrons. The van der Waals surface area contributed by atoms with Crippen molar-refractivity contribution < 1.29 is 13.2 Å². The number of thioether (sulfide) groups is 1. The van der Waals surface area contributed by atoms with Gasteiger partial charge in [0.1, 0.15) is 5.75 Å². The van der Waals surface area contributed by atoms with Crippen molar-refractivity contribution in [1.29, 1.82) is 0 Å². The Bertz CT molecular complexity index is 601. The fourth-order valence-electron chi connectivity index (χ4n) is 2.86. The molecule has 1 aromatic rings. The van der Waals surface area contributed by atoms with E-state index in [2.05, 4.69) is 6.92 Å². The van der Waals surface area contributed by atoms with E-state index in [0.29, 0.717) is 13.0 Å². The molecule has 1 saturated heterocycles. The highest BCUT2D eigenvalue weighted by Crippen LogP contribution is 2.36. The minimum atomic E-state index is -3.30. The first-order valence-electron chi connectivity index (χ1n) is 7.61. The highest BCUT2D eigenvalue weighted by Gasteiger charge is 2.34. The van der Waals surface area contributed by atoms with Gasteiger partial charge in [-0.05, 0) is 12.0 Å². The van der Waals surface area contributed by atoms with Crippen LogP contribution in [0.1, 0.15) is 31.9 Å². The van der Waals surface area contributed by atoms with Crippen LogP contribution in [0.25, 0.3) is 0 Å². The standard InChI is InChI=1S/C16H23NO3S2/c1-3-11-22(19,20)12-15(18)17-9-10-21-13(2)16(17)14-7-5-4-6-8-14/h4-8,13,16H,3,9-12H2,1-2H3/t13-,16+/m1/s1. The maximum atomic E-state index is 12.6. The molecule has 0 spiro atoms. The molecule has 0 saturated carbocycles. The minimum Gasteiger partial charge on any atom is -0.333 e. The van der Waals surface area contributed by atoms with Crippen LogP contribution >= 0.6 is 11.8 Å². The summed E-state index contributed by atoms with van der Waals surface area (Å²) in [4.78, 5) is 14.3. The molecule has 1 fully saturated rings. The molecule has 2 rings (SSSR count). The predicted octanol–water partition coefficient (Wildman–Crippen LogP) is 2.52. The number of nitrogens with zero attached hydrogens (tertiary/aromatic N) is 1. The zero-order chi connectivity index (χ0) is 16.2. The molecule has 0 aromatic heterocycles. The molecule has 1 aromatic carbocycles. The average molecular weight is 341 g/mol. The Labute approximate surface area is 137 Å². The van der Waals surface area contributed by atoms with Crippen LogP contribution in [0, 0.1) is 0 Å². The fraction of sp³-hybridized carbons (Fsp3) is 0.562. The third-order valence-electron chi connectivity index (χ3n) is 3.81. The quantitative estimate of drug-likeness (QED) is 0.826. The van der Waals surface area contributed by atoms with Gasteiger partial charge in [-0.25, -0.2) is 8.42 Å². The van der Waals surface area contributed by atoms with Crippen LogP contribution in [0.5, 0.6) is 0 Å². The number of carbonyl (C=O) groups is 1. The summed E-state index contributed by atoms with van der Waals surface area (Å²) >= 11 is 1.83. The first-order chi connectivity index (χ1) is 10.4. The van der Waals surface area contributed by atoms with Crippen molar-refractivity contribution in [2.45, 2.75) is 31.6 Å². The summed E-state index contributed by atoms with van der Waals surface area (Å²) in [5.41, 5.74) is 1.07. The van der Waals surface area contributed by atoms with Crippen molar-refractivity contribution in [3.8, 4) is 0 Å². The second-order valence-corrected chi connectivity index (χ2v) is 9.28. The lowest BCUT2D eigenvalue weighted by Crippen LogP contribution is -2.46. The first-order valence-corrected chi connectivity index (χ1v) is 10.5. The normalized spacial score (nSPS) is 22.5. The smallest absolute Gasteiger partial charge is 0.238 e. The van der Waals surface area contributed by atoms with Gasteiger partial charge in [0.2, 0.25) is 5.91 Å². The molecule has 4 nitrogen and oxygen atoms in total. The monoisotopic (exact) mass is 341 g/mol. The second-order valence-electron chi connectivity index (χ2n) is 5.61. The van der Waals surface area contributed by atoms with Gasteiger partial charge in [0.15, 0.2) is 9.84 Å². The Morgan fingerprint density at radius 2 is 2.00 bits per heavy atom. The van der Waals surface area contributed by atoms with E-state index in [9.17, 15) is 13.2 Å². The van der Waals surface area contributed by atoms with E-state index in [1.807, 2.05) is 49.0 Å². The zero-order valence-corrected chi connectivity index (χ0v) is 14.7. The SMILES string of the molecule is CCCS(=O)(=O)CC(=O)N1CCS[C@H](C)[C@H]1c1ccccc1. The van der Waals surface area contributed by atoms with Gasteiger partial charge in [0.25, 0.3) is 0 Å². The van der Waals surface area contributed by atoms with Crippen molar-refractivity contribution >= 4 is 27.5 Å². The van der Waals surface area contributed by atoms with E-state index in [1.54, 1.807) is 4.90 Å². The van der Waals surface area contributed by atoms with Gasteiger partial charge in [0, 0.05) is 17.5 Å². The number of carbonyl (C=O) groups excluding carboxylic acids is 1. The van der Waals surface area contributed by atoms with Crippen LogP contribution < -0.4 is 0 Å². The Hall–Kier alpha value is -1.01. The molecule has 0 N–H and O–H groups in total. The number of amides is 1. The molecule has 1 aliphatic heterocycles. The van der Waals surface area contributed by atoms with Crippen LogP contribution in [0.15, 0.2) is 30.3 Å². The van der Waals surface area contributed by atoms with Crippen LogP contribution in [-0.2, 0) is 14.6 Å². The summed E-state index contributed by atoms with van der Waals surface area (Å²) in [6.07, 6.45) is 0.546. The van der Waals surface area contributed by atoms with E-state index in [1.165, 1.54) is 0 Å². The highest BCUT2D eigenvalue weighted by molar-refractivity contribution is 8.00. The lowest BCUT2D eigenvalue weighted by Gasteiger charge is -2.40. The van der Waals surface area contributed by atoms with Crippen molar-refractivity contribution in [2.24, 2.45) is 0 Å². The van der Waals surface area contributed by atoms with Gasteiger partial charge in [-0.3, -0.25) is 4.79 Å². The van der Waals surface area contributed by atoms with Gasteiger partial charge >= 0.3 is 0 Å². The van der Waals surface area contributed by atoms with E-state index < -0.39 is 9.84 Å². The second kappa shape index (κ2) is 7.51. The third-order valence-corrected chi connectivity index (χ3v) is 6.73. The summed E-state index contributed by atoms with van der Waals surface area (Å²) in [6.45, 7) is 4.52. The molecule has 2 atom stereocenters. The number of sulfone groups is 1. The Balaban J connectivity index is 2.21. The van der Waals surface area contributed by atoms with Crippen LogP contribution in [-0.4, -0.2) is 48.3 Å². The summed E-state index contributed by atoms with van der Waals surface area (Å²) in [6, 6.07) is 9.82. The van der Waals surface area contributed by atoms with Gasteiger partial charge in [-0.1, -0.05) is 44.2 Å². The summed E-state index contributed by atoms with van der Waals surface area (Å²) < 4.78 is 23.9. The molecule has 1 heterocycles. The third kappa shape index (κ3) is 4.26. The minimum absolute atomic E-state index is 0.0516. The molecule has 6 heteroatoms. The van der Waals surface area contributed by atoms with Gasteiger partial charge < -0.3 is 4.90 Å². The molecule has 1 aliphatic rings. The van der Waals surface area contributed by atoms with Crippen molar-refractivity contribution in [3.63, 3.8) is 0 Å². The first kappa shape index (κ1) is 17.3. The summed E-state index contributed by atoms with van der Waals surface area (Å²) in [5.74, 6) is 0.285. The topological polar surface area (TPSA) is 54.5 Å². The molecule has 0 aliphatic carbocycles. The maximum Gasteiger partial charge on any atom is 0.238 e. The van der Waals surface area contributed by atoms with E-state index in [-0.39, 0.29) is 28.7 Å². The lowest BCUT2D eigenvalue weighted by atomic mass is 10.0. The number of hydrogen-bond donors (Lipinski definition) is 0. The average Bonchev–Trinajstić information content (AvgIpc) is 2.47. The highest BCUT2D eigenvalue weighted by atomic mass is 32.2. The van der Waals surface area contributed by atoms with Gasteiger partial charge in [0.05, 0.1) is 11.8 Å². The Morgan fingerprint density at radius 3 is 2.64 bits per heavy atom. The molecule has 0 radical (unpaired) electrons. The molecule has 1 amide bonds. The van der Waals surface area contributed by atoms with E-state index >= 15 is 0 Å². The Kier molecular flexibility index (Phi) is 5.92. The predicted molar refractivity (Wildman–Crippen MR) is 91.8 cm³/mol. The van der Waals surface area contributed by atoms with Gasteiger partial charge in [-0.2, -0.15) is 11.8 Å². The maximum absolute atomic E-state index is 12.6. The largest absolute Gasteiger partial charge is 0.333 e. The molecule has 22 heavy (non-hydrogen) atoms. The number of benzene rings is 1. The lowest BCUT2D eigenvalue weighted by molar-refractivity contribution is -0.130. The van der Waals surface area contributed by atoms with Crippen LogP contribution in [0.4, 0.5) is 0 Å². The van der Waals surface area contributed by atoms with Crippen molar-refractivity contribution in [3.05, 3.63) is 35.9 Å². The summed E-state index contributed by atoms with van der Waals surface area (Å²) in [7, 11) is -3.30. The van der Waals surface area contributed by atoms with E-state index in [0.717, 1.165) is 11.3 Å². The van der Waals surface area contributed by atoms with Crippen LogP contribution in [0.3, 0.4) is 0 Å². The molecular weight excluding hydrogens is 318 g/mol. The fourth-order valence-corrected chi connectivity index (χ4v) is 5.32. The van der Waals surface area contributed by atoms with Crippen molar-refractivity contribution in [2.75, 3.05) is 23.8 Å². The zero-order valence-electron chi connectivity index (χ0n) is 13.1. The summed E-state index contributed by atoms with van der Waals surface area (Å²) in [5, 5.41) is 0.258. The molecular formula is C16H23NO3S2. The Morgan fingerprint density at radius 1 is 1.32 bits per heavy atom. The number of hydrogen-bond acceptors (Lipinski definition) is 4. The molecule has 0 unspecified atom stereocenters. The van der Waals surface area contributed by atoms with Crippen LogP contribution in [0.2, 0.25) is 0 Å².